The van der Waals surface area contributed by atoms with Gasteiger partial charge in [-0.05, 0) is 60.5 Å². The largest absolute Gasteiger partial charge is 0.489 e. The average Bonchev–Trinajstić information content (AvgIpc) is 2.72. The lowest BCUT2D eigenvalue weighted by Crippen LogP contribution is -2.26. The van der Waals surface area contributed by atoms with E-state index in [2.05, 4.69) is 5.32 Å². The van der Waals surface area contributed by atoms with Gasteiger partial charge in [0.05, 0.1) is 10.9 Å². The number of sulfone groups is 1. The Labute approximate surface area is 181 Å². The van der Waals surface area contributed by atoms with Crippen LogP contribution >= 0.6 is 11.6 Å². The van der Waals surface area contributed by atoms with Crippen LogP contribution in [0, 0.1) is 0 Å². The van der Waals surface area contributed by atoms with Gasteiger partial charge in [-0.1, -0.05) is 41.9 Å². The Morgan fingerprint density at radius 1 is 1.03 bits per heavy atom. The second kappa shape index (κ2) is 9.32. The van der Waals surface area contributed by atoms with Crippen LogP contribution in [0.25, 0.3) is 0 Å². The zero-order chi connectivity index (χ0) is 21.7. The molecule has 30 heavy (non-hydrogen) atoms. The summed E-state index contributed by atoms with van der Waals surface area (Å²) in [7, 11) is -3.25. The number of rotatable bonds is 7. The highest BCUT2D eigenvalue weighted by molar-refractivity contribution is 7.90. The Kier molecular flexibility index (Phi) is 6.80. The molecule has 0 spiro atoms. The number of hydrogen-bond acceptors (Lipinski definition) is 4. The van der Waals surface area contributed by atoms with E-state index in [0.717, 1.165) is 17.4 Å². The first-order valence-corrected chi connectivity index (χ1v) is 11.6. The zero-order valence-corrected chi connectivity index (χ0v) is 18.2. The fraction of sp³-hybridized carbons (Fsp3) is 0.174. The van der Waals surface area contributed by atoms with Gasteiger partial charge in [-0.2, -0.15) is 0 Å². The maximum atomic E-state index is 12.6. The molecule has 0 bridgehead atoms. The summed E-state index contributed by atoms with van der Waals surface area (Å²) in [4.78, 5) is 12.9. The fourth-order valence-corrected chi connectivity index (χ4v) is 3.73. The highest BCUT2D eigenvalue weighted by atomic mass is 35.5. The summed E-state index contributed by atoms with van der Waals surface area (Å²) in [6.07, 6.45) is 1.16. The summed E-state index contributed by atoms with van der Waals surface area (Å²) in [5, 5.41) is 3.56. The van der Waals surface area contributed by atoms with Crippen molar-refractivity contribution in [3.8, 4) is 5.75 Å². The average molecular weight is 444 g/mol. The van der Waals surface area contributed by atoms with E-state index in [0.29, 0.717) is 22.9 Å². The van der Waals surface area contributed by atoms with Gasteiger partial charge in [0.15, 0.2) is 9.84 Å². The van der Waals surface area contributed by atoms with E-state index in [1.54, 1.807) is 42.5 Å². The molecule has 1 atom stereocenters. The molecule has 0 saturated heterocycles. The molecular weight excluding hydrogens is 422 g/mol. The molecule has 1 N–H and O–H groups in total. The predicted molar refractivity (Wildman–Crippen MR) is 118 cm³/mol. The molecular formula is C23H22ClNO4S. The van der Waals surface area contributed by atoms with Crippen LogP contribution in [-0.2, 0) is 16.4 Å². The third-order valence-electron chi connectivity index (χ3n) is 4.55. The second-order valence-electron chi connectivity index (χ2n) is 6.98. The van der Waals surface area contributed by atoms with Gasteiger partial charge < -0.3 is 10.1 Å². The van der Waals surface area contributed by atoms with Crippen LogP contribution in [0.15, 0.2) is 77.7 Å². The van der Waals surface area contributed by atoms with Gasteiger partial charge >= 0.3 is 0 Å². The minimum atomic E-state index is -3.25. The monoisotopic (exact) mass is 443 g/mol. The Morgan fingerprint density at radius 3 is 2.40 bits per heavy atom. The van der Waals surface area contributed by atoms with Crippen molar-refractivity contribution < 1.29 is 17.9 Å². The van der Waals surface area contributed by atoms with E-state index in [1.165, 1.54) is 12.1 Å². The van der Waals surface area contributed by atoms with Crippen molar-refractivity contribution >= 4 is 27.3 Å². The number of halogens is 1. The standard InChI is InChI=1S/C23H22ClNO4S/c1-16(18-9-11-22(12-10-18)30(2,27)28)25-23(26)19-6-4-8-21(14-19)29-15-17-5-3-7-20(24)13-17/h3-14,16H,15H2,1-2H3,(H,25,26). The number of nitrogens with one attached hydrogen (secondary N) is 1. The van der Waals surface area contributed by atoms with E-state index in [1.807, 2.05) is 25.1 Å². The maximum absolute atomic E-state index is 12.6. The maximum Gasteiger partial charge on any atom is 0.251 e. The van der Waals surface area contributed by atoms with E-state index in [4.69, 9.17) is 16.3 Å². The SMILES string of the molecule is CC(NC(=O)c1cccc(OCc2cccc(Cl)c2)c1)c1ccc(S(C)(=O)=O)cc1. The van der Waals surface area contributed by atoms with Crippen molar-refractivity contribution in [3.63, 3.8) is 0 Å². The molecule has 0 aliphatic heterocycles. The number of carbonyl (C=O) groups is 1. The molecule has 0 aliphatic rings. The summed E-state index contributed by atoms with van der Waals surface area (Å²) >= 11 is 5.98. The van der Waals surface area contributed by atoms with Crippen molar-refractivity contribution in [2.75, 3.05) is 6.26 Å². The number of carbonyl (C=O) groups excluding carboxylic acids is 1. The van der Waals surface area contributed by atoms with E-state index in [-0.39, 0.29) is 16.8 Å². The minimum Gasteiger partial charge on any atom is -0.489 e. The molecule has 156 valence electrons. The lowest BCUT2D eigenvalue weighted by atomic mass is 10.1. The van der Waals surface area contributed by atoms with Gasteiger partial charge in [0.25, 0.3) is 5.91 Å². The van der Waals surface area contributed by atoms with E-state index in [9.17, 15) is 13.2 Å². The van der Waals surface area contributed by atoms with Gasteiger partial charge in [-0.25, -0.2) is 8.42 Å². The first kappa shape index (κ1) is 21.9. The van der Waals surface area contributed by atoms with Crippen LogP contribution in [0.3, 0.4) is 0 Å². The summed E-state index contributed by atoms with van der Waals surface area (Å²) in [6, 6.07) is 20.5. The molecule has 3 aromatic rings. The number of hydrogen-bond donors (Lipinski definition) is 1. The highest BCUT2D eigenvalue weighted by Crippen LogP contribution is 2.19. The predicted octanol–water partition coefficient (Wildman–Crippen LogP) is 4.81. The van der Waals surface area contributed by atoms with Crippen LogP contribution in [0.5, 0.6) is 5.75 Å². The molecule has 0 radical (unpaired) electrons. The number of benzene rings is 3. The normalized spacial score (nSPS) is 12.2. The van der Waals surface area contributed by atoms with Crippen LogP contribution in [-0.4, -0.2) is 20.6 Å². The molecule has 5 nitrogen and oxygen atoms in total. The molecule has 0 heterocycles. The van der Waals surface area contributed by atoms with Gasteiger partial charge in [0.2, 0.25) is 0 Å². The lowest BCUT2D eigenvalue weighted by molar-refractivity contribution is 0.0939. The van der Waals surface area contributed by atoms with Crippen LogP contribution in [0.2, 0.25) is 5.02 Å². The van der Waals surface area contributed by atoms with Crippen LogP contribution in [0.1, 0.15) is 34.5 Å². The molecule has 0 saturated carbocycles. The Bertz CT molecular complexity index is 1140. The van der Waals surface area contributed by atoms with Crippen molar-refractivity contribution in [1.29, 1.82) is 0 Å². The Balaban J connectivity index is 1.64. The van der Waals surface area contributed by atoms with Crippen LogP contribution < -0.4 is 10.1 Å². The zero-order valence-electron chi connectivity index (χ0n) is 16.6. The lowest BCUT2D eigenvalue weighted by Gasteiger charge is -2.15. The van der Waals surface area contributed by atoms with Crippen molar-refractivity contribution in [3.05, 3.63) is 94.5 Å². The minimum absolute atomic E-state index is 0.245. The molecule has 0 aromatic heterocycles. The van der Waals surface area contributed by atoms with Crippen molar-refractivity contribution in [2.24, 2.45) is 0 Å². The Hall–Kier alpha value is -2.83. The molecule has 7 heteroatoms. The first-order valence-electron chi connectivity index (χ1n) is 9.30. The summed E-state index contributed by atoms with van der Waals surface area (Å²) in [6.45, 7) is 2.18. The fourth-order valence-electron chi connectivity index (χ4n) is 2.89. The van der Waals surface area contributed by atoms with E-state index < -0.39 is 9.84 Å². The van der Waals surface area contributed by atoms with Crippen molar-refractivity contribution in [1.82, 2.24) is 5.32 Å². The third kappa shape index (κ3) is 5.84. The van der Waals surface area contributed by atoms with Gasteiger partial charge in [0.1, 0.15) is 12.4 Å². The van der Waals surface area contributed by atoms with E-state index >= 15 is 0 Å². The molecule has 0 fully saturated rings. The molecule has 1 amide bonds. The van der Waals surface area contributed by atoms with Gasteiger partial charge in [0, 0.05) is 16.8 Å². The molecule has 0 aliphatic carbocycles. The number of amides is 1. The quantitative estimate of drug-likeness (QED) is 0.568. The topological polar surface area (TPSA) is 72.5 Å². The van der Waals surface area contributed by atoms with Gasteiger partial charge in [-0.15, -0.1) is 0 Å². The smallest absolute Gasteiger partial charge is 0.251 e. The Morgan fingerprint density at radius 2 is 1.73 bits per heavy atom. The molecule has 3 rings (SSSR count). The van der Waals surface area contributed by atoms with Gasteiger partial charge in [-0.3, -0.25) is 4.79 Å². The summed E-state index contributed by atoms with van der Waals surface area (Å²) in [5.74, 6) is 0.329. The first-order chi connectivity index (χ1) is 14.2. The number of ether oxygens (including phenoxy) is 1. The third-order valence-corrected chi connectivity index (χ3v) is 5.91. The molecule has 1 unspecified atom stereocenters. The van der Waals surface area contributed by atoms with Crippen molar-refractivity contribution in [2.45, 2.75) is 24.5 Å². The summed E-state index contributed by atoms with van der Waals surface area (Å²) < 4.78 is 28.9. The highest BCUT2D eigenvalue weighted by Gasteiger charge is 2.14. The summed E-state index contributed by atoms with van der Waals surface area (Å²) in [5.41, 5.74) is 2.21. The van der Waals surface area contributed by atoms with Crippen LogP contribution in [0.4, 0.5) is 0 Å². The second-order valence-corrected chi connectivity index (χ2v) is 9.43. The molecule has 3 aromatic carbocycles.